The van der Waals surface area contributed by atoms with Crippen molar-refractivity contribution < 1.29 is 4.42 Å². The van der Waals surface area contributed by atoms with Crippen molar-refractivity contribution in [3.8, 4) is 55.6 Å². The fourth-order valence-electron chi connectivity index (χ4n) is 8.59. The molecule has 0 saturated carbocycles. The molecule has 10 aromatic carbocycles. The lowest BCUT2D eigenvalue weighted by molar-refractivity contribution is 0.669. The van der Waals surface area contributed by atoms with Gasteiger partial charge in [-0.15, -0.1) is 0 Å². The minimum atomic E-state index is 0.904. The largest absolute Gasteiger partial charge is 0.456 e. The number of para-hydroxylation sites is 2. The normalized spacial score (nSPS) is 11.3. The number of rotatable bonds is 8. The van der Waals surface area contributed by atoms with E-state index < -0.39 is 0 Å². The Morgan fingerprint density at radius 1 is 0.267 bits per heavy atom. The third kappa shape index (κ3) is 6.61. The number of anilines is 3. The van der Waals surface area contributed by atoms with Crippen molar-refractivity contribution in [2.45, 2.75) is 0 Å². The second-order valence-electron chi connectivity index (χ2n) is 15.3. The molecule has 0 amide bonds. The molecule has 11 rings (SSSR count). The average molecular weight is 766 g/mol. The van der Waals surface area contributed by atoms with Gasteiger partial charge < -0.3 is 9.32 Å². The molecular formula is C58H39NO. The smallest absolute Gasteiger partial charge is 0.135 e. The van der Waals surface area contributed by atoms with Crippen LogP contribution in [0.25, 0.3) is 88.3 Å². The summed E-state index contributed by atoms with van der Waals surface area (Å²) >= 11 is 0. The molecule has 1 heterocycles. The van der Waals surface area contributed by atoms with E-state index in [0.717, 1.165) is 50.1 Å². The van der Waals surface area contributed by atoms with Crippen molar-refractivity contribution >= 4 is 49.8 Å². The van der Waals surface area contributed by atoms with Crippen LogP contribution in [-0.4, -0.2) is 0 Å². The van der Waals surface area contributed by atoms with Gasteiger partial charge in [-0.3, -0.25) is 0 Å². The molecule has 0 spiro atoms. The van der Waals surface area contributed by atoms with Crippen LogP contribution in [0, 0.1) is 0 Å². The highest BCUT2D eigenvalue weighted by Gasteiger charge is 2.18. The second kappa shape index (κ2) is 15.1. The first-order chi connectivity index (χ1) is 29.7. The van der Waals surface area contributed by atoms with Gasteiger partial charge in [0.25, 0.3) is 0 Å². The minimum absolute atomic E-state index is 0.904. The van der Waals surface area contributed by atoms with Crippen molar-refractivity contribution in [3.63, 3.8) is 0 Å². The molecule has 0 aliphatic carbocycles. The molecule has 0 aliphatic rings. The van der Waals surface area contributed by atoms with Gasteiger partial charge in [-0.1, -0.05) is 170 Å². The molecule has 0 N–H and O–H groups in total. The van der Waals surface area contributed by atoms with Crippen LogP contribution in [-0.2, 0) is 0 Å². The molecule has 2 nitrogen and oxygen atoms in total. The molecule has 2 heteroatoms. The predicted octanol–water partition coefficient (Wildman–Crippen LogP) is 16.5. The highest BCUT2D eigenvalue weighted by molar-refractivity contribution is 6.06. The van der Waals surface area contributed by atoms with E-state index in [4.69, 9.17) is 4.42 Å². The van der Waals surface area contributed by atoms with Gasteiger partial charge in [0.2, 0.25) is 0 Å². The Morgan fingerprint density at radius 3 is 1.45 bits per heavy atom. The Labute approximate surface area is 349 Å². The zero-order chi connectivity index (χ0) is 39.8. The average Bonchev–Trinajstić information content (AvgIpc) is 3.71. The molecule has 0 unspecified atom stereocenters. The van der Waals surface area contributed by atoms with Crippen molar-refractivity contribution in [3.05, 3.63) is 237 Å². The van der Waals surface area contributed by atoms with Crippen LogP contribution in [0.4, 0.5) is 17.1 Å². The summed E-state index contributed by atoms with van der Waals surface area (Å²) < 4.78 is 6.13. The summed E-state index contributed by atoms with van der Waals surface area (Å²) in [7, 11) is 0. The fraction of sp³-hybridized carbons (Fsp3) is 0. The number of fused-ring (bicyclic) bond motifs is 4. The number of nitrogens with zero attached hydrogens (tertiary/aromatic N) is 1. The van der Waals surface area contributed by atoms with Gasteiger partial charge in [-0.2, -0.15) is 0 Å². The molecule has 0 bridgehead atoms. The third-order valence-electron chi connectivity index (χ3n) is 11.7. The van der Waals surface area contributed by atoms with Crippen LogP contribution < -0.4 is 4.90 Å². The maximum absolute atomic E-state index is 6.13. The molecule has 0 aliphatic heterocycles. The number of hydrogen-bond acceptors (Lipinski definition) is 2. The van der Waals surface area contributed by atoms with Crippen LogP contribution in [0.5, 0.6) is 0 Å². The van der Waals surface area contributed by atoms with E-state index in [1.807, 2.05) is 12.1 Å². The Balaban J connectivity index is 0.942. The molecule has 0 fully saturated rings. The van der Waals surface area contributed by atoms with Gasteiger partial charge in [0, 0.05) is 27.7 Å². The van der Waals surface area contributed by atoms with Gasteiger partial charge >= 0.3 is 0 Å². The van der Waals surface area contributed by atoms with E-state index in [9.17, 15) is 0 Å². The summed E-state index contributed by atoms with van der Waals surface area (Å²) in [5.74, 6) is 0. The van der Waals surface area contributed by atoms with Crippen molar-refractivity contribution in [2.24, 2.45) is 0 Å². The Bertz CT molecular complexity index is 3310. The molecule has 282 valence electrons. The molecule has 0 radical (unpaired) electrons. The minimum Gasteiger partial charge on any atom is -0.456 e. The molecule has 60 heavy (non-hydrogen) atoms. The predicted molar refractivity (Wildman–Crippen MR) is 253 cm³/mol. The van der Waals surface area contributed by atoms with Crippen molar-refractivity contribution in [2.75, 3.05) is 4.90 Å². The van der Waals surface area contributed by atoms with Crippen LogP contribution in [0.15, 0.2) is 241 Å². The van der Waals surface area contributed by atoms with E-state index in [0.29, 0.717) is 0 Å². The van der Waals surface area contributed by atoms with E-state index in [2.05, 4.69) is 229 Å². The van der Waals surface area contributed by atoms with E-state index in [1.165, 1.54) is 55.3 Å². The first-order valence-corrected chi connectivity index (χ1v) is 20.5. The Morgan fingerprint density at radius 2 is 0.750 bits per heavy atom. The summed E-state index contributed by atoms with van der Waals surface area (Å²) in [5, 5.41) is 4.77. The molecular weight excluding hydrogens is 727 g/mol. The zero-order valence-electron chi connectivity index (χ0n) is 32.9. The maximum atomic E-state index is 6.13. The topological polar surface area (TPSA) is 16.4 Å². The lowest BCUT2D eigenvalue weighted by atomic mass is 9.95. The molecule has 0 saturated heterocycles. The maximum Gasteiger partial charge on any atom is 0.135 e. The summed E-state index contributed by atoms with van der Waals surface area (Å²) in [6, 6.07) is 85.0. The first kappa shape index (κ1) is 35.2. The van der Waals surface area contributed by atoms with E-state index >= 15 is 0 Å². The molecule has 11 aromatic rings. The summed E-state index contributed by atoms with van der Waals surface area (Å²) in [6.45, 7) is 0. The van der Waals surface area contributed by atoms with Gasteiger partial charge in [0.05, 0.1) is 5.69 Å². The Kier molecular flexibility index (Phi) is 8.87. The number of furan rings is 1. The molecule has 1 aromatic heterocycles. The van der Waals surface area contributed by atoms with Crippen molar-refractivity contribution in [1.82, 2.24) is 0 Å². The monoisotopic (exact) mass is 765 g/mol. The highest BCUT2D eigenvalue weighted by atomic mass is 16.3. The van der Waals surface area contributed by atoms with E-state index in [-0.39, 0.29) is 0 Å². The van der Waals surface area contributed by atoms with Crippen LogP contribution in [0.3, 0.4) is 0 Å². The van der Waals surface area contributed by atoms with Gasteiger partial charge in [-0.25, -0.2) is 0 Å². The standard InChI is InChI=1S/C58H39NO/c1-2-13-43(14-3-1)53-20-6-8-22-56(53)59(52-33-28-42(29-34-52)50-30-35-58-55(39-50)54-21-7-9-23-57(54)60-58)51-31-26-41(27-32-51)45-16-10-17-46(36-45)47-18-11-19-48(38-47)49-25-24-40-12-4-5-15-44(40)37-49/h1-39H. The van der Waals surface area contributed by atoms with Gasteiger partial charge in [0.1, 0.15) is 11.2 Å². The zero-order valence-corrected chi connectivity index (χ0v) is 32.9. The fourth-order valence-corrected chi connectivity index (χ4v) is 8.59. The number of benzene rings is 10. The third-order valence-corrected chi connectivity index (χ3v) is 11.7. The lowest BCUT2D eigenvalue weighted by Gasteiger charge is -2.28. The van der Waals surface area contributed by atoms with Gasteiger partial charge in [0.15, 0.2) is 0 Å². The first-order valence-electron chi connectivity index (χ1n) is 20.5. The Hall–Kier alpha value is -7.94. The highest BCUT2D eigenvalue weighted by Crippen LogP contribution is 2.42. The quantitative estimate of drug-likeness (QED) is 0.153. The van der Waals surface area contributed by atoms with Crippen LogP contribution in [0.1, 0.15) is 0 Å². The van der Waals surface area contributed by atoms with Crippen LogP contribution in [0.2, 0.25) is 0 Å². The second-order valence-corrected chi connectivity index (χ2v) is 15.3. The molecule has 0 atom stereocenters. The van der Waals surface area contributed by atoms with E-state index in [1.54, 1.807) is 0 Å². The van der Waals surface area contributed by atoms with Crippen molar-refractivity contribution in [1.29, 1.82) is 0 Å². The summed E-state index contributed by atoms with van der Waals surface area (Å²) in [6.07, 6.45) is 0. The summed E-state index contributed by atoms with van der Waals surface area (Å²) in [5.41, 5.74) is 16.9. The SMILES string of the molecule is c1ccc(-c2ccccc2N(c2ccc(-c3cccc(-c4cccc(-c5ccc6ccccc6c5)c4)c3)cc2)c2ccc(-c3ccc4oc5ccccc5c4c3)cc2)cc1. The van der Waals surface area contributed by atoms with Gasteiger partial charge in [-0.05, 0) is 128 Å². The lowest BCUT2D eigenvalue weighted by Crippen LogP contribution is -2.11. The number of hydrogen-bond donors (Lipinski definition) is 0. The van der Waals surface area contributed by atoms with Crippen LogP contribution >= 0.6 is 0 Å². The summed E-state index contributed by atoms with van der Waals surface area (Å²) in [4.78, 5) is 2.37.